The number of nitrogens with two attached hydrogens (primary N) is 2. The molecule has 0 radical (unpaired) electrons. The molecule has 0 spiro atoms. The highest BCUT2D eigenvalue weighted by atomic mass is 16.5. The molecule has 0 atom stereocenters. The zero-order valence-corrected chi connectivity index (χ0v) is 17.0. The first-order valence-electron chi connectivity index (χ1n) is 9.48. The second-order valence-corrected chi connectivity index (χ2v) is 6.78. The third-order valence-corrected chi connectivity index (χ3v) is 4.67. The van der Waals surface area contributed by atoms with Gasteiger partial charge in [-0.05, 0) is 31.2 Å². The number of hydrogen-bond donors (Lipinski definition) is 3. The fraction of sp³-hybridized carbons (Fsp3) is 0.350. The Labute approximate surface area is 174 Å². The molecule has 2 aromatic rings. The van der Waals surface area contributed by atoms with Crippen molar-refractivity contribution < 1.29 is 9.53 Å². The number of primary amides is 1. The van der Waals surface area contributed by atoms with Crippen molar-refractivity contribution in [3.05, 3.63) is 40.2 Å². The minimum Gasteiger partial charge on any atom is -0.425 e. The number of amides is 1. The number of carbonyl (C=O) groups is 1. The van der Waals surface area contributed by atoms with Gasteiger partial charge in [-0.15, -0.1) is 0 Å². The van der Waals surface area contributed by atoms with Gasteiger partial charge in [-0.2, -0.15) is 4.98 Å². The second-order valence-electron chi connectivity index (χ2n) is 6.78. The Bertz CT molecular complexity index is 1030. The standard InChI is InChI=1S/C20H25N7O3/c1-3-10-27(13-26-11-8-23-9-12-26)16-17(21)24-20(25(2)19(16)29)30-15-6-4-14(5-7-15)18(22)28/h4-7,23H,8-9,11-13,21H2,1-2H3,(H2,22,28). The first-order chi connectivity index (χ1) is 14.4. The molecule has 30 heavy (non-hydrogen) atoms. The summed E-state index contributed by atoms with van der Waals surface area (Å²) in [5.41, 5.74) is 11.6. The van der Waals surface area contributed by atoms with Gasteiger partial charge in [-0.25, -0.2) is 0 Å². The number of benzene rings is 1. The van der Waals surface area contributed by atoms with E-state index in [9.17, 15) is 9.59 Å². The van der Waals surface area contributed by atoms with Crippen LogP contribution in [-0.4, -0.2) is 53.2 Å². The monoisotopic (exact) mass is 411 g/mol. The predicted molar refractivity (Wildman–Crippen MR) is 114 cm³/mol. The molecular weight excluding hydrogens is 386 g/mol. The van der Waals surface area contributed by atoms with E-state index < -0.39 is 5.91 Å². The van der Waals surface area contributed by atoms with Crippen molar-refractivity contribution in [2.24, 2.45) is 12.8 Å². The Balaban J connectivity index is 1.89. The quantitative estimate of drug-likeness (QED) is 0.444. The van der Waals surface area contributed by atoms with Gasteiger partial charge in [0, 0.05) is 44.8 Å². The average Bonchev–Trinajstić information content (AvgIpc) is 2.73. The molecule has 3 rings (SSSR count). The molecule has 0 bridgehead atoms. The molecule has 5 N–H and O–H groups in total. The first-order valence-corrected chi connectivity index (χ1v) is 9.48. The topological polar surface area (TPSA) is 132 Å². The largest absolute Gasteiger partial charge is 0.425 e. The van der Waals surface area contributed by atoms with Crippen molar-refractivity contribution in [3.8, 4) is 23.7 Å². The van der Waals surface area contributed by atoms with Gasteiger partial charge >= 0.3 is 6.01 Å². The minimum atomic E-state index is -0.540. The third kappa shape index (κ3) is 4.71. The van der Waals surface area contributed by atoms with Crippen LogP contribution in [0.2, 0.25) is 0 Å². The predicted octanol–water partition coefficient (Wildman–Crippen LogP) is -0.0964. The second kappa shape index (κ2) is 9.30. The van der Waals surface area contributed by atoms with Crippen LogP contribution < -0.4 is 32.0 Å². The summed E-state index contributed by atoms with van der Waals surface area (Å²) in [6.45, 7) is 5.58. The highest BCUT2D eigenvalue weighted by Gasteiger charge is 2.22. The smallest absolute Gasteiger partial charge is 0.306 e. The van der Waals surface area contributed by atoms with Gasteiger partial charge in [0.2, 0.25) is 5.91 Å². The number of piperazine rings is 1. The van der Waals surface area contributed by atoms with Gasteiger partial charge in [0.25, 0.3) is 5.56 Å². The van der Waals surface area contributed by atoms with E-state index >= 15 is 0 Å². The lowest BCUT2D eigenvalue weighted by molar-refractivity contribution is 0.100. The summed E-state index contributed by atoms with van der Waals surface area (Å²) in [5, 5.41) is 3.29. The molecule has 1 fully saturated rings. The Morgan fingerprint density at radius 3 is 2.57 bits per heavy atom. The summed E-state index contributed by atoms with van der Waals surface area (Å²) >= 11 is 0. The first kappa shape index (κ1) is 21.2. The van der Waals surface area contributed by atoms with Crippen molar-refractivity contribution in [2.75, 3.05) is 43.5 Å². The maximum Gasteiger partial charge on any atom is 0.306 e. The Kier molecular flexibility index (Phi) is 6.56. The molecular formula is C20H25N7O3. The van der Waals surface area contributed by atoms with Crippen LogP contribution in [0.1, 0.15) is 17.3 Å². The number of aromatic nitrogens is 2. The van der Waals surface area contributed by atoms with E-state index in [1.54, 1.807) is 31.0 Å². The van der Waals surface area contributed by atoms with E-state index in [-0.39, 0.29) is 23.1 Å². The minimum absolute atomic E-state index is 0.0275. The lowest BCUT2D eigenvalue weighted by atomic mass is 10.2. The third-order valence-electron chi connectivity index (χ3n) is 4.67. The number of carbonyl (C=O) groups excluding carboxylic acids is 1. The maximum absolute atomic E-state index is 13.1. The number of hydrogen-bond acceptors (Lipinski definition) is 8. The van der Waals surface area contributed by atoms with Gasteiger partial charge in [0.1, 0.15) is 5.75 Å². The van der Waals surface area contributed by atoms with Crippen molar-refractivity contribution in [3.63, 3.8) is 0 Å². The molecule has 2 heterocycles. The van der Waals surface area contributed by atoms with Crippen molar-refractivity contribution in [1.29, 1.82) is 0 Å². The molecule has 1 amide bonds. The van der Waals surface area contributed by atoms with Gasteiger partial charge in [-0.3, -0.25) is 24.0 Å². The molecule has 1 saturated heterocycles. The number of anilines is 2. The average molecular weight is 411 g/mol. The van der Waals surface area contributed by atoms with Gasteiger partial charge in [0.15, 0.2) is 11.5 Å². The van der Waals surface area contributed by atoms with E-state index in [4.69, 9.17) is 16.2 Å². The Hall–Kier alpha value is -3.55. The van der Waals surface area contributed by atoms with E-state index in [1.807, 2.05) is 0 Å². The Morgan fingerprint density at radius 1 is 1.30 bits per heavy atom. The highest BCUT2D eigenvalue weighted by molar-refractivity contribution is 5.92. The fourth-order valence-electron chi connectivity index (χ4n) is 3.07. The zero-order valence-electron chi connectivity index (χ0n) is 17.0. The molecule has 0 unspecified atom stereocenters. The number of nitrogens with zero attached hydrogens (tertiary/aromatic N) is 4. The van der Waals surface area contributed by atoms with E-state index in [2.05, 4.69) is 27.2 Å². The molecule has 1 aliphatic rings. The molecule has 0 aliphatic carbocycles. The molecule has 1 aliphatic heterocycles. The van der Waals surface area contributed by atoms with Crippen molar-refractivity contribution in [2.45, 2.75) is 6.92 Å². The summed E-state index contributed by atoms with van der Waals surface area (Å²) in [7, 11) is 1.55. The maximum atomic E-state index is 13.1. The molecule has 10 nitrogen and oxygen atoms in total. The molecule has 10 heteroatoms. The fourth-order valence-corrected chi connectivity index (χ4v) is 3.07. The van der Waals surface area contributed by atoms with Crippen LogP contribution in [0.5, 0.6) is 11.8 Å². The van der Waals surface area contributed by atoms with Gasteiger partial charge in [-0.1, -0.05) is 5.92 Å². The normalized spacial score (nSPS) is 13.9. The van der Waals surface area contributed by atoms with Crippen molar-refractivity contribution >= 4 is 17.4 Å². The van der Waals surface area contributed by atoms with E-state index in [0.29, 0.717) is 18.0 Å². The van der Waals surface area contributed by atoms with Crippen LogP contribution in [0, 0.1) is 12.0 Å². The van der Waals surface area contributed by atoms with Crippen LogP contribution in [-0.2, 0) is 7.05 Å². The lowest BCUT2D eigenvalue weighted by Gasteiger charge is -2.31. The number of nitrogens with one attached hydrogen (secondary N) is 1. The van der Waals surface area contributed by atoms with Crippen LogP contribution >= 0.6 is 0 Å². The summed E-state index contributed by atoms with van der Waals surface area (Å²) in [4.78, 5) is 32.3. The van der Waals surface area contributed by atoms with Gasteiger partial charge in [0.05, 0.1) is 6.67 Å². The summed E-state index contributed by atoms with van der Waals surface area (Å²) in [5.74, 6) is 2.71. The summed E-state index contributed by atoms with van der Waals surface area (Å²) in [6.07, 6.45) is 0. The van der Waals surface area contributed by atoms with Crippen LogP contribution in [0.3, 0.4) is 0 Å². The van der Waals surface area contributed by atoms with E-state index in [1.165, 1.54) is 16.7 Å². The summed E-state index contributed by atoms with van der Waals surface area (Å²) < 4.78 is 6.97. The molecule has 158 valence electrons. The van der Waals surface area contributed by atoms with Crippen molar-refractivity contribution in [1.82, 2.24) is 19.8 Å². The summed E-state index contributed by atoms with van der Waals surface area (Å²) in [6, 6.07) is 9.16. The highest BCUT2D eigenvalue weighted by Crippen LogP contribution is 2.23. The SMILES string of the molecule is CC#CN(CN1CCNCC1)c1c(N)nc(Oc2ccc(C(N)=O)cc2)n(C)c1=O. The lowest BCUT2D eigenvalue weighted by Crippen LogP contribution is -2.48. The zero-order chi connectivity index (χ0) is 21.7. The van der Waals surface area contributed by atoms with Crippen LogP contribution in [0.25, 0.3) is 0 Å². The number of ether oxygens (including phenoxy) is 1. The molecule has 1 aromatic carbocycles. The molecule has 1 aromatic heterocycles. The Morgan fingerprint density at radius 2 is 1.97 bits per heavy atom. The van der Waals surface area contributed by atoms with E-state index in [0.717, 1.165) is 26.2 Å². The number of nitrogen functional groups attached to an aromatic ring is 1. The molecule has 0 saturated carbocycles. The van der Waals surface area contributed by atoms with Crippen LogP contribution in [0.4, 0.5) is 11.5 Å². The van der Waals surface area contributed by atoms with Crippen LogP contribution in [0.15, 0.2) is 29.1 Å². The van der Waals surface area contributed by atoms with Gasteiger partial charge < -0.3 is 21.5 Å². The number of rotatable bonds is 6.